The van der Waals surface area contributed by atoms with Crippen LogP contribution < -0.4 is 0 Å². The minimum Gasteiger partial charge on any atom is -0.388 e. The van der Waals surface area contributed by atoms with Gasteiger partial charge in [0.25, 0.3) is 0 Å². The van der Waals surface area contributed by atoms with Crippen LogP contribution in [0.1, 0.15) is 77.6 Å². The van der Waals surface area contributed by atoms with Crippen molar-refractivity contribution < 1.29 is 22.7 Å². The smallest absolute Gasteiger partial charge is 0.388 e. The van der Waals surface area contributed by atoms with Gasteiger partial charge in [0.15, 0.2) is 0 Å². The van der Waals surface area contributed by atoms with Crippen LogP contribution in [0.15, 0.2) is 83.8 Å². The van der Waals surface area contributed by atoms with Gasteiger partial charge in [-0.05, 0) is 83.8 Å². The van der Waals surface area contributed by atoms with Crippen molar-refractivity contribution in [1.29, 1.82) is 0 Å². The van der Waals surface area contributed by atoms with Gasteiger partial charge in [0.2, 0.25) is 0 Å². The van der Waals surface area contributed by atoms with Gasteiger partial charge < -0.3 is 5.11 Å². The summed E-state index contributed by atoms with van der Waals surface area (Å²) in [5.74, 6) is -0.353. The Morgan fingerprint density at radius 3 is 2.21 bits per heavy atom. The second-order valence-corrected chi connectivity index (χ2v) is 11.5. The molecule has 0 saturated heterocycles. The van der Waals surface area contributed by atoms with Crippen molar-refractivity contribution in [3.05, 3.63) is 118 Å². The summed E-state index contributed by atoms with van der Waals surface area (Å²) in [5, 5.41) is 11.4. The Labute approximate surface area is 230 Å². The minimum absolute atomic E-state index is 0.0143. The number of aromatic nitrogens is 1. The first-order valence-electron chi connectivity index (χ1n) is 13.0. The highest BCUT2D eigenvalue weighted by Gasteiger charge is 2.34. The lowest BCUT2D eigenvalue weighted by Crippen LogP contribution is -2.20. The maximum Gasteiger partial charge on any atom is 0.416 e. The van der Waals surface area contributed by atoms with Gasteiger partial charge in [-0.25, -0.2) is 4.39 Å². The zero-order valence-electron chi connectivity index (χ0n) is 21.7. The first kappa shape index (κ1) is 27.4. The summed E-state index contributed by atoms with van der Waals surface area (Å²) in [7, 11) is 0. The summed E-state index contributed by atoms with van der Waals surface area (Å²) in [6.45, 7) is 4.08. The molecule has 2 atom stereocenters. The van der Waals surface area contributed by atoms with E-state index in [1.54, 1.807) is 23.9 Å². The molecule has 1 heterocycles. The summed E-state index contributed by atoms with van der Waals surface area (Å²) >= 11 is 1.71. The molecule has 0 radical (unpaired) electrons. The Morgan fingerprint density at radius 1 is 0.923 bits per heavy atom. The largest absolute Gasteiger partial charge is 0.416 e. The second-order valence-electron chi connectivity index (χ2n) is 10.2. The van der Waals surface area contributed by atoms with Crippen LogP contribution in [-0.4, -0.2) is 10.1 Å². The van der Waals surface area contributed by atoms with Gasteiger partial charge >= 0.3 is 6.18 Å². The summed E-state index contributed by atoms with van der Waals surface area (Å²) in [4.78, 5) is 6.27. The number of halogens is 4. The van der Waals surface area contributed by atoms with E-state index in [-0.39, 0.29) is 17.0 Å². The average molecular weight is 552 g/mol. The van der Waals surface area contributed by atoms with Crippen LogP contribution in [-0.2, 0) is 12.6 Å². The molecule has 0 amide bonds. The number of thioether (sulfide) groups is 1. The molecule has 0 bridgehead atoms. The quantitative estimate of drug-likeness (QED) is 0.243. The molecule has 1 aliphatic rings. The Kier molecular flexibility index (Phi) is 7.83. The standard InChI is InChI=1S/C32H29F4NOS/c1-19(2)30-25(18-20-8-12-22(13-9-20)32(34,35)36)28(21-10-14-23(33)15-11-21)29-26(38)16-17-27(31(29)37-30)39-24-6-4-3-5-7-24/h3-15,19,26-27,38H,16-18H2,1-2H3. The van der Waals surface area contributed by atoms with Crippen LogP contribution >= 0.6 is 11.8 Å². The zero-order valence-corrected chi connectivity index (χ0v) is 22.5. The monoisotopic (exact) mass is 551 g/mol. The van der Waals surface area contributed by atoms with E-state index in [1.807, 2.05) is 32.0 Å². The van der Waals surface area contributed by atoms with Gasteiger partial charge in [0.05, 0.1) is 22.6 Å². The van der Waals surface area contributed by atoms with Crippen LogP contribution in [0.4, 0.5) is 17.6 Å². The molecule has 2 nitrogen and oxygen atoms in total. The summed E-state index contributed by atoms with van der Waals surface area (Å²) in [6.07, 6.45) is -3.54. The van der Waals surface area contributed by atoms with Crippen LogP contribution in [0.5, 0.6) is 0 Å². The molecule has 0 spiro atoms. The van der Waals surface area contributed by atoms with E-state index in [0.29, 0.717) is 18.4 Å². The number of alkyl halides is 3. The highest BCUT2D eigenvalue weighted by molar-refractivity contribution is 7.99. The van der Waals surface area contributed by atoms with Gasteiger partial charge in [-0.15, -0.1) is 11.8 Å². The van der Waals surface area contributed by atoms with E-state index < -0.39 is 17.8 Å². The maximum atomic E-state index is 14.0. The van der Waals surface area contributed by atoms with Crippen molar-refractivity contribution in [3.8, 4) is 11.1 Å². The highest BCUT2D eigenvalue weighted by atomic mass is 32.2. The summed E-state index contributed by atoms with van der Waals surface area (Å²) in [6, 6.07) is 21.4. The fourth-order valence-corrected chi connectivity index (χ4v) is 6.43. The third-order valence-corrected chi connectivity index (χ3v) is 8.39. The molecule has 1 aliphatic carbocycles. The average Bonchev–Trinajstić information content (AvgIpc) is 2.91. The van der Waals surface area contributed by atoms with E-state index in [0.717, 1.165) is 57.1 Å². The normalized spacial score (nSPS) is 17.3. The van der Waals surface area contributed by atoms with Gasteiger partial charge in [0, 0.05) is 16.2 Å². The minimum atomic E-state index is -4.41. The van der Waals surface area contributed by atoms with Gasteiger partial charge in [-0.1, -0.05) is 56.3 Å². The molecule has 0 saturated carbocycles. The van der Waals surface area contributed by atoms with Gasteiger partial charge in [0.1, 0.15) is 5.82 Å². The van der Waals surface area contributed by atoms with E-state index in [2.05, 4.69) is 12.1 Å². The third kappa shape index (κ3) is 5.89. The van der Waals surface area contributed by atoms with Crippen LogP contribution in [0.25, 0.3) is 11.1 Å². The molecule has 3 aromatic carbocycles. The molecular formula is C32H29F4NOS. The number of fused-ring (bicyclic) bond motifs is 1. The summed E-state index contributed by atoms with van der Waals surface area (Å²) < 4.78 is 53.5. The van der Waals surface area contributed by atoms with E-state index in [9.17, 15) is 22.7 Å². The number of benzene rings is 3. The molecular weight excluding hydrogens is 522 g/mol. The Bertz CT molecular complexity index is 1430. The molecule has 4 aromatic rings. The first-order valence-corrected chi connectivity index (χ1v) is 13.9. The number of hydrogen-bond acceptors (Lipinski definition) is 3. The van der Waals surface area contributed by atoms with Gasteiger partial charge in [-0.3, -0.25) is 4.98 Å². The van der Waals surface area contributed by atoms with Crippen LogP contribution in [0.3, 0.4) is 0 Å². The highest BCUT2D eigenvalue weighted by Crippen LogP contribution is 2.50. The Morgan fingerprint density at radius 2 is 1.59 bits per heavy atom. The predicted octanol–water partition coefficient (Wildman–Crippen LogP) is 9.28. The molecule has 1 N–H and O–H groups in total. The molecule has 7 heteroatoms. The number of rotatable bonds is 6. The van der Waals surface area contributed by atoms with Crippen molar-refractivity contribution in [2.45, 2.75) is 61.5 Å². The number of pyridine rings is 1. The van der Waals surface area contributed by atoms with E-state index in [4.69, 9.17) is 4.98 Å². The van der Waals surface area contributed by atoms with Crippen LogP contribution in [0.2, 0.25) is 0 Å². The molecule has 0 aliphatic heterocycles. The number of aliphatic hydroxyl groups excluding tert-OH is 1. The van der Waals surface area contributed by atoms with E-state index >= 15 is 0 Å². The zero-order chi connectivity index (χ0) is 27.7. The number of aliphatic hydroxyl groups is 1. The maximum absolute atomic E-state index is 14.0. The lowest BCUT2D eigenvalue weighted by molar-refractivity contribution is -0.137. The third-order valence-electron chi connectivity index (χ3n) is 7.10. The molecule has 5 rings (SSSR count). The second kappa shape index (κ2) is 11.1. The van der Waals surface area contributed by atoms with Crippen molar-refractivity contribution in [1.82, 2.24) is 4.98 Å². The van der Waals surface area contributed by atoms with Crippen LogP contribution in [0, 0.1) is 5.82 Å². The molecule has 202 valence electrons. The van der Waals surface area contributed by atoms with Gasteiger partial charge in [-0.2, -0.15) is 13.2 Å². The lowest BCUT2D eigenvalue weighted by atomic mass is 9.81. The SMILES string of the molecule is CC(C)c1nc2c(c(-c3ccc(F)cc3)c1Cc1ccc(C(F)(F)F)cc1)C(O)CCC2Sc1ccccc1. The van der Waals surface area contributed by atoms with Crippen molar-refractivity contribution in [2.75, 3.05) is 0 Å². The Balaban J connectivity index is 1.70. The van der Waals surface area contributed by atoms with Crippen molar-refractivity contribution in [3.63, 3.8) is 0 Å². The molecule has 39 heavy (non-hydrogen) atoms. The van der Waals surface area contributed by atoms with Crippen molar-refractivity contribution in [2.24, 2.45) is 0 Å². The summed E-state index contributed by atoms with van der Waals surface area (Å²) in [5.41, 5.74) is 4.79. The number of hydrogen-bond donors (Lipinski definition) is 1. The first-order chi connectivity index (χ1) is 18.6. The fraction of sp³-hybridized carbons (Fsp3) is 0.281. The topological polar surface area (TPSA) is 33.1 Å². The molecule has 1 aromatic heterocycles. The number of nitrogens with zero attached hydrogens (tertiary/aromatic N) is 1. The van der Waals surface area contributed by atoms with Crippen molar-refractivity contribution >= 4 is 11.8 Å². The predicted molar refractivity (Wildman–Crippen MR) is 147 cm³/mol. The fourth-order valence-electron chi connectivity index (χ4n) is 5.25. The molecule has 2 unspecified atom stereocenters. The lowest BCUT2D eigenvalue weighted by Gasteiger charge is -2.33. The van der Waals surface area contributed by atoms with E-state index in [1.165, 1.54) is 24.3 Å². The molecule has 0 fully saturated rings. The Hall–Kier alpha value is -3.16.